The van der Waals surface area contributed by atoms with Crippen molar-refractivity contribution in [3.05, 3.63) is 54.4 Å². The van der Waals surface area contributed by atoms with Crippen LogP contribution in [0.3, 0.4) is 0 Å². The molecule has 0 aliphatic heterocycles. The molecule has 0 saturated carbocycles. The first-order valence-electron chi connectivity index (χ1n) is 10.1. The second kappa shape index (κ2) is 8.55. The van der Waals surface area contributed by atoms with Gasteiger partial charge in [0.05, 0.1) is 19.7 Å². The number of H-pyrrole nitrogens is 1. The number of pyridine rings is 1. The SMILES string of the molecule is COc1cc2nccc(Oc3ccc4[nH]c(C(=O)NCC(C)C)cc4c3)c2cc1OC. The number of hydrogen-bond donors (Lipinski definition) is 2. The number of nitrogens with one attached hydrogen (secondary N) is 2. The summed E-state index contributed by atoms with van der Waals surface area (Å²) in [7, 11) is 3.18. The highest BCUT2D eigenvalue weighted by Gasteiger charge is 2.13. The maximum atomic E-state index is 12.4. The van der Waals surface area contributed by atoms with E-state index < -0.39 is 0 Å². The lowest BCUT2D eigenvalue weighted by atomic mass is 10.1. The summed E-state index contributed by atoms with van der Waals surface area (Å²) in [6, 6.07) is 13.0. The van der Waals surface area contributed by atoms with Crippen LogP contribution in [0.4, 0.5) is 0 Å². The number of amides is 1. The smallest absolute Gasteiger partial charge is 0.267 e. The third-order valence-electron chi connectivity index (χ3n) is 4.94. The van der Waals surface area contributed by atoms with Crippen molar-refractivity contribution >= 4 is 27.7 Å². The van der Waals surface area contributed by atoms with Gasteiger partial charge in [0.15, 0.2) is 11.5 Å². The van der Waals surface area contributed by atoms with Crippen LogP contribution >= 0.6 is 0 Å². The number of hydrogen-bond acceptors (Lipinski definition) is 5. The molecule has 2 aromatic carbocycles. The van der Waals surface area contributed by atoms with E-state index in [1.165, 1.54) is 0 Å². The predicted octanol–water partition coefficient (Wildman–Crippen LogP) is 4.91. The minimum atomic E-state index is -0.117. The third-order valence-corrected chi connectivity index (χ3v) is 4.94. The van der Waals surface area contributed by atoms with Gasteiger partial charge in [0.2, 0.25) is 0 Å². The van der Waals surface area contributed by atoms with E-state index in [-0.39, 0.29) is 5.91 Å². The van der Waals surface area contributed by atoms with Crippen molar-refractivity contribution < 1.29 is 19.0 Å². The zero-order valence-corrected chi connectivity index (χ0v) is 18.0. The molecule has 0 spiro atoms. The topological polar surface area (TPSA) is 85.5 Å². The van der Waals surface area contributed by atoms with E-state index in [9.17, 15) is 4.79 Å². The molecule has 7 nitrogen and oxygen atoms in total. The van der Waals surface area contributed by atoms with E-state index in [0.29, 0.717) is 41.2 Å². The number of nitrogens with zero attached hydrogens (tertiary/aromatic N) is 1. The Morgan fingerprint density at radius 1 is 1.03 bits per heavy atom. The zero-order chi connectivity index (χ0) is 22.0. The third kappa shape index (κ3) is 4.26. The van der Waals surface area contributed by atoms with Gasteiger partial charge in [-0.25, -0.2) is 0 Å². The second-order valence-corrected chi connectivity index (χ2v) is 7.67. The lowest BCUT2D eigenvalue weighted by Crippen LogP contribution is -2.27. The summed E-state index contributed by atoms with van der Waals surface area (Å²) in [5, 5.41) is 4.63. The Bertz CT molecular complexity index is 1250. The average Bonchev–Trinajstić information content (AvgIpc) is 3.20. The van der Waals surface area contributed by atoms with Crippen LogP contribution in [-0.2, 0) is 0 Å². The number of aromatic amines is 1. The number of fused-ring (bicyclic) bond motifs is 2. The molecule has 0 aliphatic rings. The fourth-order valence-electron chi connectivity index (χ4n) is 3.35. The highest BCUT2D eigenvalue weighted by molar-refractivity contribution is 5.98. The van der Waals surface area contributed by atoms with E-state index >= 15 is 0 Å². The molecule has 2 heterocycles. The predicted molar refractivity (Wildman–Crippen MR) is 120 cm³/mol. The Kier molecular flexibility index (Phi) is 5.66. The van der Waals surface area contributed by atoms with Gasteiger partial charge in [0.25, 0.3) is 5.91 Å². The number of aromatic nitrogens is 2. The lowest BCUT2D eigenvalue weighted by Gasteiger charge is -2.12. The van der Waals surface area contributed by atoms with Crippen molar-refractivity contribution in [2.24, 2.45) is 5.92 Å². The van der Waals surface area contributed by atoms with Crippen molar-refractivity contribution in [3.8, 4) is 23.0 Å². The van der Waals surface area contributed by atoms with Crippen LogP contribution in [0.25, 0.3) is 21.8 Å². The van der Waals surface area contributed by atoms with Gasteiger partial charge >= 0.3 is 0 Å². The molecule has 4 rings (SSSR count). The molecule has 0 bridgehead atoms. The van der Waals surface area contributed by atoms with Crippen molar-refractivity contribution in [3.63, 3.8) is 0 Å². The quantitative estimate of drug-likeness (QED) is 0.444. The number of benzene rings is 2. The van der Waals surface area contributed by atoms with E-state index in [1.807, 2.05) is 36.4 Å². The van der Waals surface area contributed by atoms with Gasteiger partial charge in [0, 0.05) is 35.1 Å². The summed E-state index contributed by atoms with van der Waals surface area (Å²) in [6.45, 7) is 4.75. The van der Waals surface area contributed by atoms with Crippen molar-refractivity contribution in [2.75, 3.05) is 20.8 Å². The van der Waals surface area contributed by atoms with Crippen molar-refractivity contribution in [2.45, 2.75) is 13.8 Å². The zero-order valence-electron chi connectivity index (χ0n) is 18.0. The number of carbonyl (C=O) groups excluding carboxylic acids is 1. The molecule has 0 aliphatic carbocycles. The minimum Gasteiger partial charge on any atom is -0.493 e. The summed E-state index contributed by atoms with van der Waals surface area (Å²) >= 11 is 0. The van der Waals surface area contributed by atoms with Crippen LogP contribution in [0.1, 0.15) is 24.3 Å². The molecule has 0 atom stereocenters. The molecule has 160 valence electrons. The normalized spacial score (nSPS) is 11.1. The average molecular weight is 419 g/mol. The van der Waals surface area contributed by atoms with Gasteiger partial charge in [-0.05, 0) is 42.3 Å². The van der Waals surface area contributed by atoms with Crippen LogP contribution in [0, 0.1) is 5.92 Å². The molecule has 1 amide bonds. The molecule has 0 unspecified atom stereocenters. The Morgan fingerprint density at radius 2 is 1.81 bits per heavy atom. The molecule has 31 heavy (non-hydrogen) atoms. The fourth-order valence-corrected chi connectivity index (χ4v) is 3.35. The summed E-state index contributed by atoms with van der Waals surface area (Å²) in [5.74, 6) is 2.79. The first-order valence-corrected chi connectivity index (χ1v) is 10.1. The van der Waals surface area contributed by atoms with Gasteiger partial charge < -0.3 is 24.5 Å². The minimum absolute atomic E-state index is 0.117. The molecule has 0 radical (unpaired) electrons. The number of ether oxygens (including phenoxy) is 3. The maximum Gasteiger partial charge on any atom is 0.267 e. The summed E-state index contributed by atoms with van der Waals surface area (Å²) in [5.41, 5.74) is 2.13. The molecule has 0 saturated heterocycles. The number of rotatable bonds is 7. The standard InChI is InChI=1S/C24H25N3O4/c1-14(2)13-26-24(28)20-10-15-9-16(5-6-18(15)27-20)31-21-7-8-25-19-12-23(30-4)22(29-3)11-17(19)21/h5-12,14,27H,13H2,1-4H3,(H,26,28). The summed E-state index contributed by atoms with van der Waals surface area (Å²) in [4.78, 5) is 19.9. The molecular weight excluding hydrogens is 394 g/mol. The van der Waals surface area contributed by atoms with E-state index in [0.717, 1.165) is 21.8 Å². The van der Waals surface area contributed by atoms with Gasteiger partial charge in [-0.1, -0.05) is 13.8 Å². The van der Waals surface area contributed by atoms with Crippen LogP contribution in [-0.4, -0.2) is 36.6 Å². The van der Waals surface area contributed by atoms with E-state index in [2.05, 4.69) is 29.1 Å². The number of carbonyl (C=O) groups is 1. The Hall–Kier alpha value is -3.74. The number of methoxy groups -OCH3 is 2. The Labute approximate surface area is 180 Å². The molecule has 2 aromatic heterocycles. The largest absolute Gasteiger partial charge is 0.493 e. The lowest BCUT2D eigenvalue weighted by molar-refractivity contribution is 0.0945. The van der Waals surface area contributed by atoms with Gasteiger partial charge in [-0.15, -0.1) is 0 Å². The van der Waals surface area contributed by atoms with Gasteiger partial charge in [0.1, 0.15) is 17.2 Å². The van der Waals surface area contributed by atoms with Gasteiger partial charge in [-0.2, -0.15) is 0 Å². The molecule has 0 fully saturated rings. The summed E-state index contributed by atoms with van der Waals surface area (Å²) < 4.78 is 16.9. The van der Waals surface area contributed by atoms with Gasteiger partial charge in [-0.3, -0.25) is 9.78 Å². The maximum absolute atomic E-state index is 12.4. The molecule has 2 N–H and O–H groups in total. The Balaban J connectivity index is 1.64. The first-order chi connectivity index (χ1) is 15.0. The highest BCUT2D eigenvalue weighted by Crippen LogP contribution is 2.37. The van der Waals surface area contributed by atoms with Crippen molar-refractivity contribution in [1.29, 1.82) is 0 Å². The van der Waals surface area contributed by atoms with Crippen LogP contribution in [0.5, 0.6) is 23.0 Å². The van der Waals surface area contributed by atoms with Crippen LogP contribution < -0.4 is 19.5 Å². The van der Waals surface area contributed by atoms with Crippen LogP contribution in [0.15, 0.2) is 48.7 Å². The fraction of sp³-hybridized carbons (Fsp3) is 0.250. The molecule has 4 aromatic rings. The van der Waals surface area contributed by atoms with E-state index in [4.69, 9.17) is 14.2 Å². The van der Waals surface area contributed by atoms with Crippen molar-refractivity contribution in [1.82, 2.24) is 15.3 Å². The molecule has 7 heteroatoms. The van der Waals surface area contributed by atoms with Crippen LogP contribution in [0.2, 0.25) is 0 Å². The Morgan fingerprint density at radius 3 is 2.55 bits per heavy atom. The molecular formula is C24H25N3O4. The second-order valence-electron chi connectivity index (χ2n) is 7.67. The monoisotopic (exact) mass is 419 g/mol. The first kappa shape index (κ1) is 20.5. The highest BCUT2D eigenvalue weighted by atomic mass is 16.5. The summed E-state index contributed by atoms with van der Waals surface area (Å²) in [6.07, 6.45) is 1.69. The van der Waals surface area contributed by atoms with E-state index in [1.54, 1.807) is 26.5 Å².